The third-order valence-electron chi connectivity index (χ3n) is 7.18. The molecule has 0 amide bonds. The van der Waals surface area contributed by atoms with Gasteiger partial charge in [0, 0.05) is 0 Å². The summed E-state index contributed by atoms with van der Waals surface area (Å²) in [5.74, 6) is 1.18. The molecule has 0 radical (unpaired) electrons. The number of ether oxygens (including phenoxy) is 1. The van der Waals surface area contributed by atoms with E-state index in [-0.39, 0.29) is 0 Å². The van der Waals surface area contributed by atoms with Gasteiger partial charge < -0.3 is 25.2 Å². The third kappa shape index (κ3) is 4.18. The molecular weight excluding hydrogens is 392 g/mol. The predicted molar refractivity (Wildman–Crippen MR) is 117 cm³/mol. The van der Waals surface area contributed by atoms with Gasteiger partial charge in [-0.2, -0.15) is 0 Å². The van der Waals surface area contributed by atoms with Crippen molar-refractivity contribution in [3.05, 3.63) is 69.8 Å². The molecule has 0 aromatic heterocycles. The molecule has 2 aliphatic carbocycles. The number of benzene rings is 2. The van der Waals surface area contributed by atoms with Crippen molar-refractivity contribution in [1.82, 2.24) is 0 Å². The minimum atomic E-state index is -1.36. The average Bonchev–Trinajstić information content (AvgIpc) is 3.67. The highest BCUT2D eigenvalue weighted by molar-refractivity contribution is 5.45. The smallest absolute Gasteiger partial charge is 0.113 e. The standard InChI is InChI=1S/C26H32O5/c1-14-10-20(18-8-9-18)21(26-25(30)24(29)23(28)22(13-27)31-26)12-19(14)11-15-2-4-16(5-3-15)17-6-7-17/h2-5,10,12,17-18,22-30H,6-9,11,13H2,1H3/t22-,23-,24+,25-,26+/m1/s1. The van der Waals surface area contributed by atoms with Crippen LogP contribution in [0.4, 0.5) is 0 Å². The number of hydrogen-bond donors (Lipinski definition) is 4. The van der Waals surface area contributed by atoms with E-state index in [9.17, 15) is 20.4 Å². The van der Waals surface area contributed by atoms with Crippen LogP contribution in [0.5, 0.6) is 0 Å². The SMILES string of the molecule is Cc1cc(C2CC2)c([C@@H]2O[C@H](CO)[C@@H](O)[C@H](O)[C@H]2O)cc1Cc1ccc(C2CC2)cc1. The molecular formula is C26H32O5. The Morgan fingerprint density at radius 2 is 1.52 bits per heavy atom. The molecule has 1 heterocycles. The molecule has 2 aromatic carbocycles. The Labute approximate surface area is 183 Å². The predicted octanol–water partition coefficient (Wildman–Crippen LogP) is 2.86. The largest absolute Gasteiger partial charge is 0.394 e. The summed E-state index contributed by atoms with van der Waals surface area (Å²) in [4.78, 5) is 0. The number of aliphatic hydroxyl groups excluding tert-OH is 4. The molecule has 0 bridgehead atoms. The Morgan fingerprint density at radius 1 is 0.839 bits per heavy atom. The molecule has 4 N–H and O–H groups in total. The average molecular weight is 425 g/mol. The van der Waals surface area contributed by atoms with Crippen LogP contribution in [0.25, 0.3) is 0 Å². The van der Waals surface area contributed by atoms with Gasteiger partial charge in [-0.1, -0.05) is 36.4 Å². The summed E-state index contributed by atoms with van der Waals surface area (Å²) in [6.07, 6.45) is -0.0310. The maximum atomic E-state index is 10.7. The monoisotopic (exact) mass is 424 g/mol. The van der Waals surface area contributed by atoms with E-state index in [0.29, 0.717) is 5.92 Å². The van der Waals surface area contributed by atoms with E-state index >= 15 is 0 Å². The summed E-state index contributed by atoms with van der Waals surface area (Å²) < 4.78 is 5.92. The van der Waals surface area contributed by atoms with E-state index < -0.39 is 37.1 Å². The summed E-state index contributed by atoms with van der Waals surface area (Å²) in [5, 5.41) is 40.8. The maximum absolute atomic E-state index is 10.7. The summed E-state index contributed by atoms with van der Waals surface area (Å²) in [7, 11) is 0. The first-order valence-electron chi connectivity index (χ1n) is 11.5. The highest BCUT2D eigenvalue weighted by Crippen LogP contribution is 2.46. The Hall–Kier alpha value is -1.76. The zero-order valence-corrected chi connectivity index (χ0v) is 17.9. The van der Waals surface area contributed by atoms with Gasteiger partial charge in [-0.05, 0) is 84.2 Å². The van der Waals surface area contributed by atoms with Crippen LogP contribution in [0.15, 0.2) is 36.4 Å². The molecule has 2 saturated carbocycles. The summed E-state index contributed by atoms with van der Waals surface area (Å²) in [5.41, 5.74) is 7.05. The Kier molecular flexibility index (Phi) is 5.65. The van der Waals surface area contributed by atoms with E-state index in [4.69, 9.17) is 4.74 Å². The molecule has 3 aliphatic rings. The van der Waals surface area contributed by atoms with Gasteiger partial charge in [0.2, 0.25) is 0 Å². The van der Waals surface area contributed by atoms with Crippen molar-refractivity contribution in [2.24, 2.45) is 0 Å². The lowest BCUT2D eigenvalue weighted by Gasteiger charge is -2.41. The Balaban J connectivity index is 1.47. The lowest BCUT2D eigenvalue weighted by molar-refractivity contribution is -0.231. The van der Waals surface area contributed by atoms with Gasteiger partial charge in [0.25, 0.3) is 0 Å². The maximum Gasteiger partial charge on any atom is 0.113 e. The number of aryl methyl sites for hydroxylation is 1. The van der Waals surface area contributed by atoms with Crippen LogP contribution >= 0.6 is 0 Å². The minimum absolute atomic E-state index is 0.410. The van der Waals surface area contributed by atoms with Crippen molar-refractivity contribution in [3.63, 3.8) is 0 Å². The van der Waals surface area contributed by atoms with Crippen molar-refractivity contribution < 1.29 is 25.2 Å². The van der Waals surface area contributed by atoms with Crippen molar-refractivity contribution in [2.75, 3.05) is 6.61 Å². The van der Waals surface area contributed by atoms with Crippen molar-refractivity contribution >= 4 is 0 Å². The lowest BCUT2D eigenvalue weighted by Crippen LogP contribution is -2.55. The van der Waals surface area contributed by atoms with E-state index in [1.807, 2.05) is 0 Å². The first-order valence-corrected chi connectivity index (χ1v) is 11.5. The molecule has 5 nitrogen and oxygen atoms in total. The summed E-state index contributed by atoms with van der Waals surface area (Å²) in [6.45, 7) is 1.71. The van der Waals surface area contributed by atoms with Crippen molar-refractivity contribution in [1.29, 1.82) is 0 Å². The normalized spacial score (nSPS) is 31.1. The molecule has 31 heavy (non-hydrogen) atoms. The van der Waals surface area contributed by atoms with Gasteiger partial charge in [-0.15, -0.1) is 0 Å². The van der Waals surface area contributed by atoms with Gasteiger partial charge >= 0.3 is 0 Å². The summed E-state index contributed by atoms with van der Waals surface area (Å²) >= 11 is 0. The number of hydrogen-bond acceptors (Lipinski definition) is 5. The number of rotatable bonds is 6. The van der Waals surface area contributed by atoms with Gasteiger partial charge in [-0.25, -0.2) is 0 Å². The zero-order chi connectivity index (χ0) is 21.7. The molecule has 3 fully saturated rings. The van der Waals surface area contributed by atoms with Gasteiger partial charge in [0.15, 0.2) is 0 Å². The van der Waals surface area contributed by atoms with Crippen LogP contribution in [0.2, 0.25) is 0 Å². The molecule has 166 valence electrons. The highest BCUT2D eigenvalue weighted by Gasteiger charge is 2.45. The lowest BCUT2D eigenvalue weighted by atomic mass is 9.85. The first-order chi connectivity index (χ1) is 15.0. The summed E-state index contributed by atoms with van der Waals surface area (Å²) in [6, 6.07) is 13.2. The molecule has 0 unspecified atom stereocenters. The van der Waals surface area contributed by atoms with E-state index in [0.717, 1.165) is 41.9 Å². The van der Waals surface area contributed by atoms with Crippen molar-refractivity contribution in [2.45, 2.75) is 81.4 Å². The van der Waals surface area contributed by atoms with Gasteiger partial charge in [-0.3, -0.25) is 0 Å². The molecule has 1 aliphatic heterocycles. The fourth-order valence-corrected chi connectivity index (χ4v) is 4.88. The minimum Gasteiger partial charge on any atom is -0.394 e. The second-order valence-electron chi connectivity index (χ2n) is 9.62. The second-order valence-corrected chi connectivity index (χ2v) is 9.62. The first kappa shape index (κ1) is 21.1. The Morgan fingerprint density at radius 3 is 2.13 bits per heavy atom. The van der Waals surface area contributed by atoms with E-state index in [1.165, 1.54) is 29.5 Å². The molecule has 1 saturated heterocycles. The van der Waals surface area contributed by atoms with Gasteiger partial charge in [0.1, 0.15) is 30.5 Å². The molecule has 0 spiro atoms. The van der Waals surface area contributed by atoms with Crippen LogP contribution in [0, 0.1) is 6.92 Å². The number of aliphatic hydroxyl groups is 4. The van der Waals surface area contributed by atoms with E-state index in [2.05, 4.69) is 43.3 Å². The van der Waals surface area contributed by atoms with Crippen LogP contribution in [0.3, 0.4) is 0 Å². The molecule has 5 heteroatoms. The fourth-order valence-electron chi connectivity index (χ4n) is 4.88. The zero-order valence-electron chi connectivity index (χ0n) is 17.9. The fraction of sp³-hybridized carbons (Fsp3) is 0.538. The van der Waals surface area contributed by atoms with Gasteiger partial charge in [0.05, 0.1) is 6.61 Å². The molecule has 2 aromatic rings. The molecule has 5 atom stereocenters. The van der Waals surface area contributed by atoms with Crippen LogP contribution in [-0.2, 0) is 11.2 Å². The van der Waals surface area contributed by atoms with Crippen LogP contribution in [0.1, 0.15) is 77.0 Å². The quantitative estimate of drug-likeness (QED) is 0.573. The third-order valence-corrected chi connectivity index (χ3v) is 7.18. The highest BCUT2D eigenvalue weighted by atomic mass is 16.5. The van der Waals surface area contributed by atoms with Crippen LogP contribution < -0.4 is 0 Å². The van der Waals surface area contributed by atoms with E-state index in [1.54, 1.807) is 0 Å². The second kappa shape index (κ2) is 8.30. The molecule has 5 rings (SSSR count). The topological polar surface area (TPSA) is 90.2 Å². The van der Waals surface area contributed by atoms with Crippen molar-refractivity contribution in [3.8, 4) is 0 Å². The van der Waals surface area contributed by atoms with Crippen LogP contribution in [-0.4, -0.2) is 51.4 Å². The Bertz CT molecular complexity index is 930.